The Balaban J connectivity index is 1.48. The van der Waals surface area contributed by atoms with Crippen molar-refractivity contribution < 1.29 is 49.9 Å². The molecule has 2 aromatic rings. The molecule has 0 unspecified atom stereocenters. The van der Waals surface area contributed by atoms with Crippen molar-refractivity contribution in [2.75, 3.05) is 30.7 Å². The molecule has 0 aliphatic carbocycles. The molecule has 0 spiro atoms. The summed E-state index contributed by atoms with van der Waals surface area (Å²) in [5.74, 6) is -0.609. The topological polar surface area (TPSA) is 101 Å². The predicted molar refractivity (Wildman–Crippen MR) is 147 cm³/mol. The zero-order valence-corrected chi connectivity index (χ0v) is 24.6. The summed E-state index contributed by atoms with van der Waals surface area (Å²) in [6.07, 6.45) is -4.61. The second-order valence-electron chi connectivity index (χ2n) is 11.6. The fraction of sp³-hybridized carbons (Fsp3) is 0.536. The Hall–Kier alpha value is -2.81. The minimum atomic E-state index is -4.74. The molecule has 228 valence electrons. The van der Waals surface area contributed by atoms with Crippen LogP contribution in [0.5, 0.6) is 5.75 Å². The maximum Gasteiger partial charge on any atom is 0.494 e. The highest BCUT2D eigenvalue weighted by Gasteiger charge is 2.52. The Morgan fingerprint density at radius 2 is 1.71 bits per heavy atom. The first-order valence-electron chi connectivity index (χ1n) is 13.7. The molecule has 2 saturated heterocycles. The Labute approximate surface area is 243 Å². The maximum atomic E-state index is 13.9. The van der Waals surface area contributed by atoms with Crippen LogP contribution in [0.3, 0.4) is 0 Å². The summed E-state index contributed by atoms with van der Waals surface area (Å²) >= 11 is 0. The summed E-state index contributed by atoms with van der Waals surface area (Å²) in [5.41, 5.74) is -1.80. The molecule has 1 atom stereocenters. The van der Waals surface area contributed by atoms with E-state index in [0.717, 1.165) is 22.5 Å². The molecular formula is C28H33BF3NO8S. The van der Waals surface area contributed by atoms with E-state index < -0.39 is 57.1 Å². The van der Waals surface area contributed by atoms with Gasteiger partial charge in [-0.15, -0.1) is 0 Å². The highest BCUT2D eigenvalue weighted by molar-refractivity contribution is 7.92. The van der Waals surface area contributed by atoms with Gasteiger partial charge in [-0.2, -0.15) is 13.2 Å². The predicted octanol–water partition coefficient (Wildman–Crippen LogP) is 3.93. The van der Waals surface area contributed by atoms with Gasteiger partial charge < -0.3 is 23.5 Å². The van der Waals surface area contributed by atoms with Crippen LogP contribution in [0.2, 0.25) is 0 Å². The number of nitrogens with zero attached hydrogens (tertiary/aromatic N) is 1. The molecule has 0 amide bonds. The van der Waals surface area contributed by atoms with Crippen molar-refractivity contribution in [2.24, 2.45) is 5.92 Å². The molecule has 2 aromatic carbocycles. The van der Waals surface area contributed by atoms with Crippen LogP contribution in [0.15, 0.2) is 47.4 Å². The number of hydrogen-bond acceptors (Lipinski definition) is 8. The van der Waals surface area contributed by atoms with E-state index in [-0.39, 0.29) is 30.5 Å². The minimum absolute atomic E-state index is 0.103. The lowest BCUT2D eigenvalue weighted by Crippen LogP contribution is -2.47. The number of hydrogen-bond donors (Lipinski definition) is 0. The van der Waals surface area contributed by atoms with Crippen molar-refractivity contribution in [3.63, 3.8) is 0 Å². The van der Waals surface area contributed by atoms with Crippen LogP contribution in [0, 0.1) is 5.92 Å². The molecule has 0 N–H and O–H groups in total. The van der Waals surface area contributed by atoms with Gasteiger partial charge >= 0.3 is 19.3 Å². The Morgan fingerprint density at radius 3 is 2.36 bits per heavy atom. The third-order valence-electron chi connectivity index (χ3n) is 8.16. The monoisotopic (exact) mass is 611 g/mol. The number of carbonyl (C=O) groups excluding carboxylic acids is 1. The van der Waals surface area contributed by atoms with Crippen LogP contribution in [-0.2, 0) is 39.8 Å². The molecule has 2 fully saturated rings. The molecule has 0 radical (unpaired) electrons. The van der Waals surface area contributed by atoms with Gasteiger partial charge in [-0.05, 0) is 76.3 Å². The smallest absolute Gasteiger partial charge is 0.483 e. The number of ether oxygens (including phenoxy) is 3. The van der Waals surface area contributed by atoms with Crippen molar-refractivity contribution in [1.82, 2.24) is 0 Å². The van der Waals surface area contributed by atoms with Gasteiger partial charge in [-0.25, -0.2) is 8.42 Å². The van der Waals surface area contributed by atoms with Crippen LogP contribution in [0.25, 0.3) is 0 Å². The lowest BCUT2D eigenvalue weighted by molar-refractivity contribution is -0.154. The number of carbonyl (C=O) groups is 1. The van der Waals surface area contributed by atoms with Crippen molar-refractivity contribution in [1.29, 1.82) is 0 Å². The van der Waals surface area contributed by atoms with E-state index in [4.69, 9.17) is 23.5 Å². The number of halogens is 3. The van der Waals surface area contributed by atoms with Gasteiger partial charge in [0, 0.05) is 13.2 Å². The van der Waals surface area contributed by atoms with E-state index in [1.807, 2.05) is 27.7 Å². The Morgan fingerprint density at radius 1 is 1.05 bits per heavy atom. The second-order valence-corrected chi connectivity index (χ2v) is 13.5. The average Bonchev–Trinajstić information content (AvgIpc) is 3.17. The number of benzene rings is 2. The van der Waals surface area contributed by atoms with Crippen molar-refractivity contribution in [3.05, 3.63) is 48.0 Å². The first kappa shape index (κ1) is 30.6. The minimum Gasteiger partial charge on any atom is -0.483 e. The number of alkyl halides is 3. The van der Waals surface area contributed by atoms with Gasteiger partial charge in [-0.1, -0.05) is 12.1 Å². The van der Waals surface area contributed by atoms with Gasteiger partial charge in [0.15, 0.2) is 6.10 Å². The summed E-state index contributed by atoms with van der Waals surface area (Å²) in [6, 6.07) is 8.32. The standard InChI is InChI=1S/C28H33BF3NO8S/c1-26(2)27(3,4)41-29(40-26)20-8-9-24-23(15-20)33(42(35,36)22-7-5-6-19(14-22)28(30,31)32)16-21(39-24)17-38-25(34)18-10-12-37-13-11-18/h5-9,14-15,18,21H,10-13,16-17H2,1-4H3/t21-/m0/s1. The van der Waals surface area contributed by atoms with Gasteiger partial charge in [0.05, 0.1) is 39.8 Å². The third kappa shape index (κ3) is 5.99. The summed E-state index contributed by atoms with van der Waals surface area (Å²) in [6.45, 7) is 7.86. The number of rotatable bonds is 6. The molecule has 3 aliphatic rings. The van der Waals surface area contributed by atoms with Crippen molar-refractivity contribution in [3.8, 4) is 5.75 Å². The van der Waals surface area contributed by atoms with Crippen molar-refractivity contribution >= 4 is 34.3 Å². The molecule has 3 heterocycles. The van der Waals surface area contributed by atoms with Crippen LogP contribution in [0.1, 0.15) is 46.1 Å². The lowest BCUT2D eigenvalue weighted by atomic mass is 9.79. The number of anilines is 1. The largest absolute Gasteiger partial charge is 0.494 e. The molecule has 9 nitrogen and oxygen atoms in total. The van der Waals surface area contributed by atoms with Crippen LogP contribution < -0.4 is 14.5 Å². The normalized spacial score (nSPS) is 22.4. The molecular weight excluding hydrogens is 578 g/mol. The van der Waals surface area contributed by atoms with E-state index in [0.29, 0.717) is 37.6 Å². The lowest BCUT2D eigenvalue weighted by Gasteiger charge is -2.36. The number of sulfonamides is 1. The zero-order valence-electron chi connectivity index (χ0n) is 23.8. The number of fused-ring (bicyclic) bond motifs is 1. The Kier molecular flexibility index (Phi) is 8.05. The van der Waals surface area contributed by atoms with Gasteiger partial charge in [0.2, 0.25) is 0 Å². The molecule has 3 aliphatic heterocycles. The van der Waals surface area contributed by atoms with E-state index >= 15 is 0 Å². The third-order valence-corrected chi connectivity index (χ3v) is 9.93. The molecule has 0 aromatic heterocycles. The molecule has 14 heteroatoms. The fourth-order valence-corrected chi connectivity index (χ4v) is 6.50. The molecule has 0 saturated carbocycles. The maximum absolute atomic E-state index is 13.9. The summed E-state index contributed by atoms with van der Waals surface area (Å²) < 4.78 is 98.3. The van der Waals surface area contributed by atoms with Gasteiger partial charge in [0.25, 0.3) is 10.0 Å². The highest BCUT2D eigenvalue weighted by atomic mass is 32.2. The summed E-state index contributed by atoms with van der Waals surface area (Å²) in [5, 5.41) is 0. The number of esters is 1. The second kappa shape index (κ2) is 11.0. The van der Waals surface area contributed by atoms with Crippen LogP contribution in [0.4, 0.5) is 18.9 Å². The van der Waals surface area contributed by atoms with Crippen LogP contribution in [-0.4, -0.2) is 65.2 Å². The SMILES string of the molecule is CC1(C)OB(c2ccc3c(c2)N(S(=O)(=O)c2cccc(C(F)(F)F)c2)C[C@@H](COC(=O)C2CCOCC2)O3)OC1(C)C. The van der Waals surface area contributed by atoms with Gasteiger partial charge in [0.1, 0.15) is 12.4 Å². The molecule has 5 rings (SSSR count). The summed E-state index contributed by atoms with van der Waals surface area (Å²) in [7, 11) is -5.34. The zero-order chi connectivity index (χ0) is 30.5. The Bertz CT molecular complexity index is 1430. The highest BCUT2D eigenvalue weighted by Crippen LogP contribution is 2.40. The average molecular weight is 611 g/mol. The summed E-state index contributed by atoms with van der Waals surface area (Å²) in [4.78, 5) is 12.1. The van der Waals surface area contributed by atoms with E-state index in [1.165, 1.54) is 6.07 Å². The fourth-order valence-electron chi connectivity index (χ4n) is 4.96. The van der Waals surface area contributed by atoms with E-state index in [1.54, 1.807) is 12.1 Å². The first-order valence-corrected chi connectivity index (χ1v) is 15.1. The van der Waals surface area contributed by atoms with Crippen LogP contribution >= 0.6 is 0 Å². The van der Waals surface area contributed by atoms with E-state index in [9.17, 15) is 26.4 Å². The first-order chi connectivity index (χ1) is 19.6. The van der Waals surface area contributed by atoms with Crippen molar-refractivity contribution in [2.45, 2.75) is 68.9 Å². The van der Waals surface area contributed by atoms with E-state index in [2.05, 4.69) is 0 Å². The molecule has 42 heavy (non-hydrogen) atoms. The molecule has 0 bridgehead atoms. The quantitative estimate of drug-likeness (QED) is 0.358. The van der Waals surface area contributed by atoms with Gasteiger partial charge in [-0.3, -0.25) is 9.10 Å².